The molecule has 1 heterocycles. The molecule has 0 saturated carbocycles. The molecule has 0 fully saturated rings. The lowest BCUT2D eigenvalue weighted by Crippen LogP contribution is -2.19. The molecule has 0 atom stereocenters. The second kappa shape index (κ2) is 6.51. The van der Waals surface area contributed by atoms with E-state index in [-0.39, 0.29) is 0 Å². The molecule has 4 nitrogen and oxygen atoms in total. The Morgan fingerprint density at radius 2 is 2.46 bits per heavy atom. The summed E-state index contributed by atoms with van der Waals surface area (Å²) in [5.74, 6) is 0. The van der Waals surface area contributed by atoms with E-state index in [2.05, 4.69) is 15.5 Å². The van der Waals surface area contributed by atoms with Gasteiger partial charge in [0.25, 0.3) is 0 Å². The van der Waals surface area contributed by atoms with Crippen LogP contribution in [0.4, 0.5) is 0 Å². The summed E-state index contributed by atoms with van der Waals surface area (Å²) >= 11 is 0. The summed E-state index contributed by atoms with van der Waals surface area (Å²) in [7, 11) is 0. The molecule has 0 aliphatic rings. The van der Waals surface area contributed by atoms with Crippen molar-refractivity contribution < 1.29 is 4.74 Å². The van der Waals surface area contributed by atoms with E-state index in [4.69, 9.17) is 4.74 Å². The number of hydrogen-bond donors (Lipinski definition) is 1. The van der Waals surface area contributed by atoms with E-state index >= 15 is 0 Å². The molecule has 0 saturated heterocycles. The van der Waals surface area contributed by atoms with Crippen LogP contribution in [0.2, 0.25) is 0 Å². The normalized spacial score (nSPS) is 10.2. The molecule has 0 spiro atoms. The van der Waals surface area contributed by atoms with E-state index < -0.39 is 0 Å². The molecule has 1 aromatic heterocycles. The quantitative estimate of drug-likeness (QED) is 0.653. The van der Waals surface area contributed by atoms with Crippen LogP contribution in [0.1, 0.15) is 12.6 Å². The highest BCUT2D eigenvalue weighted by Crippen LogP contribution is 1.88. The Labute approximate surface area is 78.3 Å². The van der Waals surface area contributed by atoms with Crippen molar-refractivity contribution in [1.29, 1.82) is 0 Å². The van der Waals surface area contributed by atoms with E-state index in [0.29, 0.717) is 0 Å². The third-order valence-electron chi connectivity index (χ3n) is 1.56. The molecule has 0 aliphatic carbocycles. The van der Waals surface area contributed by atoms with Crippen molar-refractivity contribution in [3.05, 3.63) is 24.0 Å². The fourth-order valence-corrected chi connectivity index (χ4v) is 0.933. The largest absolute Gasteiger partial charge is 0.380 e. The Morgan fingerprint density at radius 1 is 1.54 bits per heavy atom. The van der Waals surface area contributed by atoms with Gasteiger partial charge in [-0.15, -0.1) is 0 Å². The average molecular weight is 181 g/mol. The van der Waals surface area contributed by atoms with Crippen LogP contribution in [0.25, 0.3) is 0 Å². The molecule has 0 radical (unpaired) electrons. The highest BCUT2D eigenvalue weighted by molar-refractivity contribution is 4.98. The monoisotopic (exact) mass is 181 g/mol. The first-order chi connectivity index (χ1) is 6.43. The van der Waals surface area contributed by atoms with Gasteiger partial charge in [-0.05, 0) is 19.1 Å². The number of hydrogen-bond acceptors (Lipinski definition) is 4. The van der Waals surface area contributed by atoms with Crippen LogP contribution in [-0.4, -0.2) is 30.0 Å². The van der Waals surface area contributed by atoms with Crippen LogP contribution in [0, 0.1) is 0 Å². The summed E-state index contributed by atoms with van der Waals surface area (Å²) in [5, 5.41) is 10.9. The molecule has 0 aliphatic heterocycles. The Morgan fingerprint density at radius 3 is 3.15 bits per heavy atom. The number of aromatic nitrogens is 2. The van der Waals surface area contributed by atoms with Crippen molar-refractivity contribution in [3.8, 4) is 0 Å². The van der Waals surface area contributed by atoms with E-state index in [1.807, 2.05) is 19.1 Å². The first-order valence-electron chi connectivity index (χ1n) is 4.48. The fourth-order valence-electron chi connectivity index (χ4n) is 0.933. The SMILES string of the molecule is CCOCCNCc1cccnn1. The predicted molar refractivity (Wildman–Crippen MR) is 50.2 cm³/mol. The summed E-state index contributed by atoms with van der Waals surface area (Å²) < 4.78 is 5.17. The van der Waals surface area contributed by atoms with E-state index in [1.165, 1.54) is 0 Å². The topological polar surface area (TPSA) is 47.0 Å². The number of nitrogens with zero attached hydrogens (tertiary/aromatic N) is 2. The summed E-state index contributed by atoms with van der Waals surface area (Å²) in [6.07, 6.45) is 1.67. The first kappa shape index (κ1) is 10.1. The average Bonchev–Trinajstić information content (AvgIpc) is 2.19. The summed E-state index contributed by atoms with van der Waals surface area (Å²) in [6, 6.07) is 3.83. The summed E-state index contributed by atoms with van der Waals surface area (Å²) in [5.41, 5.74) is 0.957. The first-order valence-corrected chi connectivity index (χ1v) is 4.48. The van der Waals surface area contributed by atoms with Crippen LogP contribution < -0.4 is 5.32 Å². The van der Waals surface area contributed by atoms with E-state index in [0.717, 1.165) is 32.0 Å². The minimum atomic E-state index is 0.747. The molecular weight excluding hydrogens is 166 g/mol. The molecule has 0 aromatic carbocycles. The maximum atomic E-state index is 5.17. The zero-order chi connectivity index (χ0) is 9.36. The standard InChI is InChI=1S/C9H15N3O/c1-2-13-7-6-10-8-9-4-3-5-11-12-9/h3-5,10H,2,6-8H2,1H3. The highest BCUT2D eigenvalue weighted by atomic mass is 16.5. The lowest BCUT2D eigenvalue weighted by molar-refractivity contribution is 0.149. The maximum Gasteiger partial charge on any atom is 0.0768 e. The van der Waals surface area contributed by atoms with Gasteiger partial charge in [-0.25, -0.2) is 0 Å². The Balaban J connectivity index is 2.07. The van der Waals surface area contributed by atoms with Gasteiger partial charge >= 0.3 is 0 Å². The number of rotatable bonds is 6. The van der Waals surface area contributed by atoms with Crippen molar-refractivity contribution in [2.45, 2.75) is 13.5 Å². The van der Waals surface area contributed by atoms with Crippen molar-refractivity contribution in [2.24, 2.45) is 0 Å². The van der Waals surface area contributed by atoms with Gasteiger partial charge in [-0.3, -0.25) is 0 Å². The van der Waals surface area contributed by atoms with Crippen molar-refractivity contribution in [1.82, 2.24) is 15.5 Å². The van der Waals surface area contributed by atoms with Crippen molar-refractivity contribution in [3.63, 3.8) is 0 Å². The minimum absolute atomic E-state index is 0.747. The minimum Gasteiger partial charge on any atom is -0.380 e. The Hall–Kier alpha value is -1.00. The van der Waals surface area contributed by atoms with Gasteiger partial charge in [0.05, 0.1) is 12.3 Å². The summed E-state index contributed by atoms with van der Waals surface area (Å²) in [6.45, 7) is 5.11. The van der Waals surface area contributed by atoms with Gasteiger partial charge in [-0.2, -0.15) is 10.2 Å². The molecule has 0 amide bonds. The van der Waals surface area contributed by atoms with Crippen molar-refractivity contribution >= 4 is 0 Å². The number of ether oxygens (including phenoxy) is 1. The smallest absolute Gasteiger partial charge is 0.0768 e. The molecule has 4 heteroatoms. The van der Waals surface area contributed by atoms with Crippen LogP contribution in [0.3, 0.4) is 0 Å². The van der Waals surface area contributed by atoms with Gasteiger partial charge in [0, 0.05) is 25.9 Å². The third kappa shape index (κ3) is 4.55. The molecule has 0 unspecified atom stereocenters. The second-order valence-electron chi connectivity index (χ2n) is 2.59. The lowest BCUT2D eigenvalue weighted by atomic mass is 10.4. The van der Waals surface area contributed by atoms with Crippen LogP contribution >= 0.6 is 0 Å². The van der Waals surface area contributed by atoms with Gasteiger partial charge < -0.3 is 10.1 Å². The molecule has 72 valence electrons. The van der Waals surface area contributed by atoms with Gasteiger partial charge in [-0.1, -0.05) is 0 Å². The Kier molecular flexibility index (Phi) is 5.05. The fraction of sp³-hybridized carbons (Fsp3) is 0.556. The zero-order valence-electron chi connectivity index (χ0n) is 7.86. The molecule has 1 aromatic rings. The Bertz CT molecular complexity index is 215. The summed E-state index contributed by atoms with van der Waals surface area (Å²) in [4.78, 5) is 0. The molecule has 13 heavy (non-hydrogen) atoms. The van der Waals surface area contributed by atoms with Gasteiger partial charge in [0.1, 0.15) is 0 Å². The molecule has 1 rings (SSSR count). The van der Waals surface area contributed by atoms with E-state index in [1.54, 1.807) is 6.20 Å². The lowest BCUT2D eigenvalue weighted by Gasteiger charge is -2.03. The van der Waals surface area contributed by atoms with Crippen molar-refractivity contribution in [2.75, 3.05) is 19.8 Å². The molecule has 0 bridgehead atoms. The van der Waals surface area contributed by atoms with Gasteiger partial charge in [0.2, 0.25) is 0 Å². The van der Waals surface area contributed by atoms with Crippen LogP contribution in [0.15, 0.2) is 18.3 Å². The maximum absolute atomic E-state index is 5.17. The van der Waals surface area contributed by atoms with Crippen LogP contribution in [-0.2, 0) is 11.3 Å². The highest BCUT2D eigenvalue weighted by Gasteiger charge is 1.91. The molecule has 1 N–H and O–H groups in total. The second-order valence-corrected chi connectivity index (χ2v) is 2.59. The van der Waals surface area contributed by atoms with Crippen LogP contribution in [0.5, 0.6) is 0 Å². The molecular formula is C9H15N3O. The number of nitrogens with one attached hydrogen (secondary N) is 1. The van der Waals surface area contributed by atoms with E-state index in [9.17, 15) is 0 Å². The third-order valence-corrected chi connectivity index (χ3v) is 1.56. The zero-order valence-corrected chi connectivity index (χ0v) is 7.86. The predicted octanol–water partition coefficient (Wildman–Crippen LogP) is 0.603. The van der Waals surface area contributed by atoms with Gasteiger partial charge in [0.15, 0.2) is 0 Å².